The normalized spacial score (nSPS) is 20.5. The summed E-state index contributed by atoms with van der Waals surface area (Å²) >= 11 is 3.36. The van der Waals surface area contributed by atoms with Gasteiger partial charge in [0.1, 0.15) is 0 Å². The Hall–Kier alpha value is -1.16. The fourth-order valence-electron chi connectivity index (χ4n) is 1.63. The van der Waals surface area contributed by atoms with Crippen molar-refractivity contribution in [2.24, 2.45) is 5.92 Å². The number of rotatable bonds is 2. The Balaban J connectivity index is 2.09. The van der Waals surface area contributed by atoms with Crippen LogP contribution in [0.4, 0.5) is 0 Å². The van der Waals surface area contributed by atoms with Crippen LogP contribution in [0.3, 0.4) is 0 Å². The average Bonchev–Trinajstić information content (AvgIpc) is 2.45. The SMILES string of the molecule is O=C1CC(Cc2cccc(Br)c2)C(=O)O1. The second-order valence-electron chi connectivity index (χ2n) is 3.53. The van der Waals surface area contributed by atoms with Gasteiger partial charge in [-0.25, -0.2) is 0 Å². The van der Waals surface area contributed by atoms with Gasteiger partial charge in [0.25, 0.3) is 0 Å². The van der Waals surface area contributed by atoms with E-state index in [0.29, 0.717) is 6.42 Å². The van der Waals surface area contributed by atoms with Gasteiger partial charge in [0.05, 0.1) is 12.3 Å². The van der Waals surface area contributed by atoms with Crippen molar-refractivity contribution in [3.63, 3.8) is 0 Å². The van der Waals surface area contributed by atoms with E-state index in [2.05, 4.69) is 20.7 Å². The molecule has 0 bridgehead atoms. The van der Waals surface area contributed by atoms with Crippen molar-refractivity contribution in [1.29, 1.82) is 0 Å². The molecule has 0 amide bonds. The lowest BCUT2D eigenvalue weighted by Gasteiger charge is -2.04. The maximum Gasteiger partial charge on any atom is 0.317 e. The zero-order chi connectivity index (χ0) is 10.8. The molecule has 1 unspecified atom stereocenters. The number of ether oxygens (including phenoxy) is 1. The first kappa shape index (κ1) is 10.4. The second kappa shape index (κ2) is 4.14. The summed E-state index contributed by atoms with van der Waals surface area (Å²) in [6.45, 7) is 0. The average molecular weight is 269 g/mol. The van der Waals surface area contributed by atoms with Gasteiger partial charge in [-0.15, -0.1) is 0 Å². The minimum atomic E-state index is -0.417. The number of benzene rings is 1. The van der Waals surface area contributed by atoms with Crippen LogP contribution in [0.15, 0.2) is 28.7 Å². The fourth-order valence-corrected chi connectivity index (χ4v) is 2.07. The van der Waals surface area contributed by atoms with E-state index in [-0.39, 0.29) is 12.3 Å². The third-order valence-corrected chi connectivity index (χ3v) is 2.83. The van der Waals surface area contributed by atoms with Crippen molar-refractivity contribution in [1.82, 2.24) is 0 Å². The second-order valence-corrected chi connectivity index (χ2v) is 4.44. The molecule has 0 aliphatic carbocycles. The Labute approximate surface area is 95.6 Å². The maximum atomic E-state index is 11.2. The summed E-state index contributed by atoms with van der Waals surface area (Å²) in [4.78, 5) is 22.1. The van der Waals surface area contributed by atoms with E-state index >= 15 is 0 Å². The minimum absolute atomic E-state index is 0.200. The Kier molecular flexibility index (Phi) is 2.86. The van der Waals surface area contributed by atoms with E-state index in [1.807, 2.05) is 24.3 Å². The quantitative estimate of drug-likeness (QED) is 0.609. The molecular formula is C11H9BrO3. The number of carbonyl (C=O) groups excluding carboxylic acids is 2. The first-order valence-corrected chi connectivity index (χ1v) is 5.43. The Morgan fingerprint density at radius 2 is 2.20 bits per heavy atom. The van der Waals surface area contributed by atoms with Crippen LogP contribution in [0.2, 0.25) is 0 Å². The highest BCUT2D eigenvalue weighted by Crippen LogP contribution is 2.22. The highest BCUT2D eigenvalue weighted by Gasteiger charge is 2.33. The van der Waals surface area contributed by atoms with Crippen LogP contribution in [0.5, 0.6) is 0 Å². The summed E-state index contributed by atoms with van der Waals surface area (Å²) in [5, 5.41) is 0. The molecule has 1 heterocycles. The van der Waals surface area contributed by atoms with Gasteiger partial charge in [0.2, 0.25) is 0 Å². The largest absolute Gasteiger partial charge is 0.393 e. The van der Waals surface area contributed by atoms with Crippen LogP contribution in [-0.4, -0.2) is 11.9 Å². The first-order valence-electron chi connectivity index (χ1n) is 4.64. The molecule has 0 radical (unpaired) electrons. The van der Waals surface area contributed by atoms with E-state index < -0.39 is 11.9 Å². The molecule has 1 atom stereocenters. The molecule has 3 nitrogen and oxygen atoms in total. The summed E-state index contributed by atoms with van der Waals surface area (Å²) in [6.07, 6.45) is 0.759. The van der Waals surface area contributed by atoms with Gasteiger partial charge in [-0.3, -0.25) is 9.59 Å². The summed E-state index contributed by atoms with van der Waals surface area (Å²) in [7, 11) is 0. The van der Waals surface area contributed by atoms with Crippen molar-refractivity contribution in [3.05, 3.63) is 34.3 Å². The van der Waals surface area contributed by atoms with Gasteiger partial charge in [-0.05, 0) is 24.1 Å². The standard InChI is InChI=1S/C11H9BrO3/c12-9-3-1-2-7(5-9)4-8-6-10(13)15-11(8)14/h1-3,5,8H,4,6H2. The number of hydrogen-bond acceptors (Lipinski definition) is 3. The molecular weight excluding hydrogens is 260 g/mol. The van der Waals surface area contributed by atoms with Crippen LogP contribution < -0.4 is 0 Å². The zero-order valence-electron chi connectivity index (χ0n) is 7.90. The molecule has 0 aromatic heterocycles. The van der Waals surface area contributed by atoms with Gasteiger partial charge in [-0.2, -0.15) is 0 Å². The number of esters is 2. The number of cyclic esters (lactones) is 2. The monoisotopic (exact) mass is 268 g/mol. The molecule has 0 saturated carbocycles. The number of halogens is 1. The summed E-state index contributed by atoms with van der Waals surface area (Å²) in [6, 6.07) is 7.69. The Morgan fingerprint density at radius 3 is 2.80 bits per heavy atom. The third kappa shape index (κ3) is 2.45. The topological polar surface area (TPSA) is 43.4 Å². The lowest BCUT2D eigenvalue weighted by Crippen LogP contribution is -2.10. The molecule has 1 aromatic rings. The van der Waals surface area contributed by atoms with Gasteiger partial charge in [-0.1, -0.05) is 28.1 Å². The molecule has 1 aromatic carbocycles. The Morgan fingerprint density at radius 1 is 1.40 bits per heavy atom. The van der Waals surface area contributed by atoms with Crippen LogP contribution in [0, 0.1) is 5.92 Å². The zero-order valence-corrected chi connectivity index (χ0v) is 9.49. The van der Waals surface area contributed by atoms with Crippen molar-refractivity contribution in [2.45, 2.75) is 12.8 Å². The van der Waals surface area contributed by atoms with Crippen molar-refractivity contribution < 1.29 is 14.3 Å². The fraction of sp³-hybridized carbons (Fsp3) is 0.273. The van der Waals surface area contributed by atoms with E-state index in [1.165, 1.54) is 0 Å². The summed E-state index contributed by atoms with van der Waals surface area (Å²) < 4.78 is 5.46. The lowest BCUT2D eigenvalue weighted by molar-refractivity contribution is -0.153. The molecule has 4 heteroatoms. The van der Waals surface area contributed by atoms with E-state index in [1.54, 1.807) is 0 Å². The van der Waals surface area contributed by atoms with Crippen molar-refractivity contribution in [3.8, 4) is 0 Å². The van der Waals surface area contributed by atoms with E-state index in [0.717, 1.165) is 10.0 Å². The lowest BCUT2D eigenvalue weighted by atomic mass is 9.98. The van der Waals surface area contributed by atoms with Gasteiger partial charge >= 0.3 is 11.9 Å². The molecule has 1 aliphatic heterocycles. The molecule has 15 heavy (non-hydrogen) atoms. The van der Waals surface area contributed by atoms with Crippen molar-refractivity contribution in [2.75, 3.05) is 0 Å². The molecule has 2 rings (SSSR count). The minimum Gasteiger partial charge on any atom is -0.393 e. The van der Waals surface area contributed by atoms with E-state index in [4.69, 9.17) is 0 Å². The van der Waals surface area contributed by atoms with Crippen LogP contribution in [-0.2, 0) is 20.7 Å². The van der Waals surface area contributed by atoms with E-state index in [9.17, 15) is 9.59 Å². The first-order chi connectivity index (χ1) is 7.15. The highest BCUT2D eigenvalue weighted by molar-refractivity contribution is 9.10. The number of carbonyl (C=O) groups is 2. The van der Waals surface area contributed by atoms with Crippen LogP contribution >= 0.6 is 15.9 Å². The predicted octanol–water partition coefficient (Wildman–Crippen LogP) is 2.08. The molecule has 1 aliphatic rings. The smallest absolute Gasteiger partial charge is 0.317 e. The maximum absolute atomic E-state index is 11.2. The van der Waals surface area contributed by atoms with Gasteiger partial charge in [0.15, 0.2) is 0 Å². The van der Waals surface area contributed by atoms with Gasteiger partial charge < -0.3 is 4.74 Å². The van der Waals surface area contributed by atoms with Crippen LogP contribution in [0.1, 0.15) is 12.0 Å². The molecule has 0 N–H and O–H groups in total. The van der Waals surface area contributed by atoms with Crippen LogP contribution in [0.25, 0.3) is 0 Å². The highest BCUT2D eigenvalue weighted by atomic mass is 79.9. The molecule has 1 fully saturated rings. The summed E-state index contributed by atoms with van der Waals surface area (Å²) in [5.74, 6) is -1.13. The summed E-state index contributed by atoms with van der Waals surface area (Å²) in [5.41, 5.74) is 1.03. The number of hydrogen-bond donors (Lipinski definition) is 0. The predicted molar refractivity (Wildman–Crippen MR) is 57.1 cm³/mol. The third-order valence-electron chi connectivity index (χ3n) is 2.33. The van der Waals surface area contributed by atoms with Crippen molar-refractivity contribution >= 4 is 27.9 Å². The van der Waals surface area contributed by atoms with Gasteiger partial charge in [0, 0.05) is 4.47 Å². The molecule has 0 spiro atoms. The molecule has 78 valence electrons. The molecule has 1 saturated heterocycles. The Bertz CT molecular complexity index is 414.